The van der Waals surface area contributed by atoms with Gasteiger partial charge in [0, 0.05) is 43.5 Å². The summed E-state index contributed by atoms with van der Waals surface area (Å²) in [6.45, 7) is 2.14. The van der Waals surface area contributed by atoms with Crippen LogP contribution < -0.4 is 10.6 Å². The second-order valence-corrected chi connectivity index (χ2v) is 7.47. The highest BCUT2D eigenvalue weighted by Gasteiger charge is 2.13. The Morgan fingerprint density at radius 2 is 1.90 bits per heavy atom. The number of aromatic nitrogens is 1. The zero-order chi connectivity index (χ0) is 20.3. The fourth-order valence-electron chi connectivity index (χ4n) is 3.55. The number of aliphatic imine (C=N–C) groups is 1. The van der Waals surface area contributed by atoms with Crippen molar-refractivity contribution in [2.24, 2.45) is 10.9 Å². The van der Waals surface area contributed by atoms with E-state index >= 15 is 0 Å². The van der Waals surface area contributed by atoms with Crippen LogP contribution >= 0.6 is 0 Å². The topological polar surface area (TPSA) is 92.5 Å². The molecular formula is C22H29N5O2. The monoisotopic (exact) mass is 395 g/mol. The Hall–Kier alpha value is -2.96. The molecule has 7 heteroatoms. The van der Waals surface area contributed by atoms with Gasteiger partial charge in [-0.15, -0.1) is 0 Å². The number of rotatable bonds is 8. The number of benzene rings is 1. The molecule has 0 bridgehead atoms. The normalized spacial score (nSPS) is 15.1. The number of pyridine rings is 1. The molecule has 1 aliphatic rings. The summed E-state index contributed by atoms with van der Waals surface area (Å²) in [5.74, 6) is 1.48. The molecule has 154 valence electrons. The standard InChI is InChI=1S/C22H29N5O2/c28-27(29)21-11-9-19(10-12-21)17-26-22(25-16-18-6-2-1-3-7-18)24-15-13-20-8-4-5-14-23-20/h4-5,8-12,14,18H,1-3,6-7,13,15-17H2,(H2,24,25,26). The molecule has 0 aliphatic heterocycles. The van der Waals surface area contributed by atoms with Gasteiger partial charge in [0.25, 0.3) is 5.69 Å². The van der Waals surface area contributed by atoms with Crippen molar-refractivity contribution < 1.29 is 4.92 Å². The second-order valence-electron chi connectivity index (χ2n) is 7.47. The van der Waals surface area contributed by atoms with Gasteiger partial charge in [-0.2, -0.15) is 0 Å². The highest BCUT2D eigenvalue weighted by molar-refractivity contribution is 5.79. The lowest BCUT2D eigenvalue weighted by Gasteiger charge is -2.23. The molecule has 1 aromatic carbocycles. The average Bonchev–Trinajstić information content (AvgIpc) is 2.77. The molecule has 1 aliphatic carbocycles. The summed E-state index contributed by atoms with van der Waals surface area (Å²) in [4.78, 5) is 19.5. The molecule has 1 fully saturated rings. The Bertz CT molecular complexity index is 787. The van der Waals surface area contributed by atoms with Gasteiger partial charge >= 0.3 is 0 Å². The fraction of sp³-hybridized carbons (Fsp3) is 0.455. The van der Waals surface area contributed by atoms with Crippen molar-refractivity contribution in [1.29, 1.82) is 0 Å². The van der Waals surface area contributed by atoms with Gasteiger partial charge in [0.1, 0.15) is 0 Å². The van der Waals surface area contributed by atoms with Gasteiger partial charge in [-0.25, -0.2) is 4.99 Å². The van der Waals surface area contributed by atoms with Crippen molar-refractivity contribution in [3.8, 4) is 0 Å². The summed E-state index contributed by atoms with van der Waals surface area (Å²) in [6.07, 6.45) is 9.15. The smallest absolute Gasteiger partial charge is 0.269 e. The molecule has 29 heavy (non-hydrogen) atoms. The van der Waals surface area contributed by atoms with Crippen LogP contribution in [-0.4, -0.2) is 29.0 Å². The van der Waals surface area contributed by atoms with E-state index in [1.807, 2.05) is 18.2 Å². The van der Waals surface area contributed by atoms with Gasteiger partial charge in [-0.1, -0.05) is 37.5 Å². The van der Waals surface area contributed by atoms with E-state index in [0.717, 1.165) is 36.7 Å². The van der Waals surface area contributed by atoms with Crippen LogP contribution in [0.2, 0.25) is 0 Å². The van der Waals surface area contributed by atoms with E-state index in [1.54, 1.807) is 18.3 Å². The molecule has 7 nitrogen and oxygen atoms in total. The average molecular weight is 396 g/mol. The largest absolute Gasteiger partial charge is 0.356 e. The van der Waals surface area contributed by atoms with Gasteiger partial charge in [0.15, 0.2) is 5.96 Å². The quantitative estimate of drug-likeness (QED) is 0.307. The lowest BCUT2D eigenvalue weighted by Crippen LogP contribution is -2.41. The summed E-state index contributed by atoms with van der Waals surface area (Å²) in [5, 5.41) is 17.7. The third kappa shape index (κ3) is 7.18. The van der Waals surface area contributed by atoms with Gasteiger partial charge in [-0.05, 0) is 36.5 Å². The van der Waals surface area contributed by atoms with E-state index in [4.69, 9.17) is 0 Å². The summed E-state index contributed by atoms with van der Waals surface area (Å²) >= 11 is 0. The lowest BCUT2D eigenvalue weighted by atomic mass is 9.89. The maximum atomic E-state index is 10.8. The molecule has 0 atom stereocenters. The van der Waals surface area contributed by atoms with Crippen LogP contribution in [0.4, 0.5) is 5.69 Å². The minimum Gasteiger partial charge on any atom is -0.356 e. The highest BCUT2D eigenvalue weighted by Crippen LogP contribution is 2.22. The first kappa shape index (κ1) is 20.8. The van der Waals surface area contributed by atoms with Crippen LogP contribution in [-0.2, 0) is 13.0 Å². The Balaban J connectivity index is 1.56. The molecule has 1 heterocycles. The highest BCUT2D eigenvalue weighted by atomic mass is 16.6. The van der Waals surface area contributed by atoms with Gasteiger partial charge in [0.05, 0.1) is 11.5 Å². The van der Waals surface area contributed by atoms with E-state index in [2.05, 4.69) is 20.6 Å². The minimum atomic E-state index is -0.386. The fourth-order valence-corrected chi connectivity index (χ4v) is 3.55. The van der Waals surface area contributed by atoms with Crippen molar-refractivity contribution in [1.82, 2.24) is 15.6 Å². The summed E-state index contributed by atoms with van der Waals surface area (Å²) in [7, 11) is 0. The molecule has 0 spiro atoms. The van der Waals surface area contributed by atoms with E-state index in [9.17, 15) is 10.1 Å². The van der Waals surface area contributed by atoms with Crippen LogP contribution in [0.5, 0.6) is 0 Å². The first-order valence-corrected chi connectivity index (χ1v) is 10.4. The van der Waals surface area contributed by atoms with Crippen molar-refractivity contribution in [3.63, 3.8) is 0 Å². The van der Waals surface area contributed by atoms with Crippen molar-refractivity contribution >= 4 is 11.6 Å². The van der Waals surface area contributed by atoms with Crippen LogP contribution in [0.1, 0.15) is 43.4 Å². The van der Waals surface area contributed by atoms with Crippen molar-refractivity contribution in [3.05, 3.63) is 70.0 Å². The number of nitrogens with one attached hydrogen (secondary N) is 2. The Kier molecular flexibility index (Phi) is 7.98. The Labute approximate surface area is 171 Å². The molecule has 1 saturated carbocycles. The Morgan fingerprint density at radius 1 is 1.10 bits per heavy atom. The molecule has 0 unspecified atom stereocenters. The zero-order valence-electron chi connectivity index (χ0n) is 16.7. The summed E-state index contributed by atoms with van der Waals surface area (Å²) in [5.41, 5.74) is 2.09. The van der Waals surface area contributed by atoms with Crippen molar-refractivity contribution in [2.75, 3.05) is 13.1 Å². The van der Waals surface area contributed by atoms with Crippen molar-refractivity contribution in [2.45, 2.75) is 45.1 Å². The molecule has 0 saturated heterocycles. The summed E-state index contributed by atoms with van der Waals surface area (Å²) in [6, 6.07) is 12.5. The third-order valence-corrected chi connectivity index (χ3v) is 5.25. The number of nitrogens with zero attached hydrogens (tertiary/aromatic N) is 3. The molecular weight excluding hydrogens is 366 g/mol. The van der Waals surface area contributed by atoms with Crippen LogP contribution in [0.25, 0.3) is 0 Å². The SMILES string of the molecule is O=[N+]([O-])c1ccc(CN=C(NCCc2ccccn2)NCC2CCCCC2)cc1. The van der Waals surface area contributed by atoms with Gasteiger partial charge < -0.3 is 10.6 Å². The molecule has 0 radical (unpaired) electrons. The first-order chi connectivity index (χ1) is 14.2. The number of hydrogen-bond donors (Lipinski definition) is 2. The number of nitro groups is 1. The lowest BCUT2D eigenvalue weighted by molar-refractivity contribution is -0.384. The summed E-state index contributed by atoms with van der Waals surface area (Å²) < 4.78 is 0. The number of guanidine groups is 1. The van der Waals surface area contributed by atoms with Crippen LogP contribution in [0.15, 0.2) is 53.7 Å². The van der Waals surface area contributed by atoms with E-state index in [-0.39, 0.29) is 10.6 Å². The maximum absolute atomic E-state index is 10.8. The second kappa shape index (κ2) is 11.1. The van der Waals surface area contributed by atoms with Gasteiger partial charge in [0.2, 0.25) is 0 Å². The third-order valence-electron chi connectivity index (χ3n) is 5.25. The van der Waals surface area contributed by atoms with E-state index in [1.165, 1.54) is 44.2 Å². The maximum Gasteiger partial charge on any atom is 0.269 e. The van der Waals surface area contributed by atoms with Gasteiger partial charge in [-0.3, -0.25) is 15.1 Å². The zero-order valence-corrected chi connectivity index (χ0v) is 16.7. The Morgan fingerprint density at radius 3 is 2.59 bits per heavy atom. The molecule has 2 aromatic rings. The van der Waals surface area contributed by atoms with E-state index < -0.39 is 0 Å². The van der Waals surface area contributed by atoms with E-state index in [0.29, 0.717) is 12.5 Å². The first-order valence-electron chi connectivity index (χ1n) is 10.4. The molecule has 3 rings (SSSR count). The van der Waals surface area contributed by atoms with Crippen LogP contribution in [0, 0.1) is 16.0 Å². The number of hydrogen-bond acceptors (Lipinski definition) is 4. The minimum absolute atomic E-state index is 0.0989. The predicted molar refractivity (Wildman–Crippen MR) is 115 cm³/mol. The van der Waals surface area contributed by atoms with Crippen LogP contribution in [0.3, 0.4) is 0 Å². The number of nitro benzene ring substituents is 1. The molecule has 0 amide bonds. The molecule has 1 aromatic heterocycles. The number of non-ortho nitro benzene ring substituents is 1. The molecule has 2 N–H and O–H groups in total. The predicted octanol–water partition coefficient (Wildman–Crippen LogP) is 3.85.